The number of benzene rings is 2. The highest BCUT2D eigenvalue weighted by molar-refractivity contribution is 6.31. The zero-order valence-electron chi connectivity index (χ0n) is 13.5. The van der Waals surface area contributed by atoms with Crippen LogP contribution in [0.5, 0.6) is 5.75 Å². The van der Waals surface area contributed by atoms with Gasteiger partial charge in [0.05, 0.1) is 12.1 Å². The number of fused-ring (bicyclic) bond motifs is 1. The van der Waals surface area contributed by atoms with Gasteiger partial charge in [-0.3, -0.25) is 4.98 Å². The molecule has 0 amide bonds. The van der Waals surface area contributed by atoms with Crippen LogP contribution in [0, 0.1) is 6.92 Å². The monoisotopic (exact) mass is 325 g/mol. The van der Waals surface area contributed by atoms with Crippen LogP contribution in [0.25, 0.3) is 10.9 Å². The van der Waals surface area contributed by atoms with Crippen molar-refractivity contribution in [2.75, 3.05) is 6.61 Å². The Labute approximate surface area is 142 Å². The summed E-state index contributed by atoms with van der Waals surface area (Å²) in [6.45, 7) is 4.89. The third-order valence-electron chi connectivity index (χ3n) is 3.78. The summed E-state index contributed by atoms with van der Waals surface area (Å²) in [6, 6.07) is 16.3. The smallest absolute Gasteiger partial charge is 0.119 e. The van der Waals surface area contributed by atoms with E-state index < -0.39 is 0 Å². The molecule has 0 fully saturated rings. The first-order valence-electron chi connectivity index (χ1n) is 7.93. The van der Waals surface area contributed by atoms with Crippen LogP contribution in [0.3, 0.4) is 0 Å². The second kappa shape index (κ2) is 7.01. The number of hydrogen-bond donors (Lipinski definition) is 0. The molecule has 0 saturated heterocycles. The third-order valence-corrected chi connectivity index (χ3v) is 4.01. The van der Waals surface area contributed by atoms with Gasteiger partial charge in [-0.25, -0.2) is 0 Å². The molecule has 0 aliphatic heterocycles. The predicted molar refractivity (Wildman–Crippen MR) is 96.5 cm³/mol. The maximum absolute atomic E-state index is 6.16. The van der Waals surface area contributed by atoms with Crippen LogP contribution in [0.4, 0.5) is 0 Å². The number of ether oxygens (including phenoxy) is 1. The van der Waals surface area contributed by atoms with Gasteiger partial charge in [-0.1, -0.05) is 30.7 Å². The molecule has 0 spiro atoms. The fourth-order valence-electron chi connectivity index (χ4n) is 2.70. The second-order valence-corrected chi connectivity index (χ2v) is 6.19. The van der Waals surface area contributed by atoms with Gasteiger partial charge in [-0.05, 0) is 67.3 Å². The van der Waals surface area contributed by atoms with E-state index in [4.69, 9.17) is 16.3 Å². The van der Waals surface area contributed by atoms with Crippen LogP contribution in [0.1, 0.15) is 30.2 Å². The van der Waals surface area contributed by atoms with Crippen LogP contribution in [-0.4, -0.2) is 11.6 Å². The van der Waals surface area contributed by atoms with Gasteiger partial charge in [0, 0.05) is 16.1 Å². The van der Waals surface area contributed by atoms with Crippen LogP contribution >= 0.6 is 11.6 Å². The Morgan fingerprint density at radius 2 is 1.83 bits per heavy atom. The molecule has 0 unspecified atom stereocenters. The molecule has 0 aliphatic rings. The van der Waals surface area contributed by atoms with Gasteiger partial charge in [-0.15, -0.1) is 0 Å². The van der Waals surface area contributed by atoms with Gasteiger partial charge in [-0.2, -0.15) is 0 Å². The molecule has 0 N–H and O–H groups in total. The van der Waals surface area contributed by atoms with E-state index in [-0.39, 0.29) is 0 Å². The summed E-state index contributed by atoms with van der Waals surface area (Å²) in [5.74, 6) is 0.925. The first-order chi connectivity index (χ1) is 11.2. The number of pyridine rings is 1. The molecule has 2 nitrogen and oxygen atoms in total. The van der Waals surface area contributed by atoms with Crippen molar-refractivity contribution in [1.82, 2.24) is 4.98 Å². The van der Waals surface area contributed by atoms with E-state index >= 15 is 0 Å². The fraction of sp³-hybridized carbons (Fsp3) is 0.250. The lowest BCUT2D eigenvalue weighted by Gasteiger charge is -2.10. The molecule has 2 aromatic carbocycles. The molecule has 3 aromatic rings. The van der Waals surface area contributed by atoms with Gasteiger partial charge >= 0.3 is 0 Å². The van der Waals surface area contributed by atoms with Crippen LogP contribution in [0.15, 0.2) is 48.5 Å². The van der Waals surface area contributed by atoms with E-state index in [0.717, 1.165) is 46.8 Å². The van der Waals surface area contributed by atoms with Gasteiger partial charge < -0.3 is 4.74 Å². The average Bonchev–Trinajstić information content (AvgIpc) is 2.55. The summed E-state index contributed by atoms with van der Waals surface area (Å²) >= 11 is 6.16. The van der Waals surface area contributed by atoms with Crippen molar-refractivity contribution in [3.05, 3.63) is 70.4 Å². The van der Waals surface area contributed by atoms with Crippen LogP contribution in [0.2, 0.25) is 5.02 Å². The van der Waals surface area contributed by atoms with Crippen molar-refractivity contribution in [1.29, 1.82) is 0 Å². The molecule has 3 rings (SSSR count). The van der Waals surface area contributed by atoms with Crippen molar-refractivity contribution in [3.63, 3.8) is 0 Å². The molecule has 0 radical (unpaired) electrons. The molecule has 0 aliphatic carbocycles. The van der Waals surface area contributed by atoms with Crippen molar-refractivity contribution in [2.24, 2.45) is 0 Å². The predicted octanol–water partition coefficient (Wildman–Crippen LogP) is 5.58. The Kier molecular flexibility index (Phi) is 4.82. The van der Waals surface area contributed by atoms with Gasteiger partial charge in [0.15, 0.2) is 0 Å². The third kappa shape index (κ3) is 3.83. The molecule has 1 aromatic heterocycles. The van der Waals surface area contributed by atoms with Gasteiger partial charge in [0.1, 0.15) is 5.75 Å². The molecular weight excluding hydrogens is 306 g/mol. The highest BCUT2D eigenvalue weighted by Gasteiger charge is 2.06. The van der Waals surface area contributed by atoms with Crippen molar-refractivity contribution < 1.29 is 4.74 Å². The maximum Gasteiger partial charge on any atom is 0.119 e. The lowest BCUT2D eigenvalue weighted by atomic mass is 10.00. The number of aromatic nitrogens is 1. The molecule has 1 heterocycles. The summed E-state index contributed by atoms with van der Waals surface area (Å²) in [6.07, 6.45) is 1.87. The van der Waals surface area contributed by atoms with Crippen LogP contribution < -0.4 is 4.74 Å². The van der Waals surface area contributed by atoms with E-state index in [1.54, 1.807) is 0 Å². The largest absolute Gasteiger partial charge is 0.494 e. The SMILES string of the molecule is CCCOc1ccc(Cc2cc(C)nc3ccc(Cl)cc23)cc1. The second-order valence-electron chi connectivity index (χ2n) is 5.75. The normalized spacial score (nSPS) is 10.9. The first kappa shape index (κ1) is 15.8. The Morgan fingerprint density at radius 1 is 1.04 bits per heavy atom. The standard InChI is InChI=1S/C20H20ClNO/c1-3-10-23-18-7-4-15(5-8-18)12-16-11-14(2)22-20-9-6-17(21)13-19(16)20/h4-9,11,13H,3,10,12H2,1-2H3. The summed E-state index contributed by atoms with van der Waals surface area (Å²) in [5, 5.41) is 1.86. The minimum absolute atomic E-state index is 0.743. The van der Waals surface area contributed by atoms with Crippen LogP contribution in [-0.2, 0) is 6.42 Å². The Morgan fingerprint density at radius 3 is 2.57 bits per heavy atom. The topological polar surface area (TPSA) is 22.1 Å². The number of nitrogens with zero attached hydrogens (tertiary/aromatic N) is 1. The molecule has 118 valence electrons. The highest BCUT2D eigenvalue weighted by Crippen LogP contribution is 2.25. The first-order valence-corrected chi connectivity index (χ1v) is 8.31. The van der Waals surface area contributed by atoms with E-state index in [0.29, 0.717) is 0 Å². The van der Waals surface area contributed by atoms with E-state index in [2.05, 4.69) is 30.1 Å². The molecule has 23 heavy (non-hydrogen) atoms. The quantitative estimate of drug-likeness (QED) is 0.611. The summed E-state index contributed by atoms with van der Waals surface area (Å²) in [5.41, 5.74) is 4.52. The average molecular weight is 326 g/mol. The molecule has 3 heteroatoms. The number of hydrogen-bond acceptors (Lipinski definition) is 2. The summed E-state index contributed by atoms with van der Waals surface area (Å²) < 4.78 is 5.64. The Hall–Kier alpha value is -2.06. The minimum atomic E-state index is 0.743. The molecule has 0 bridgehead atoms. The zero-order chi connectivity index (χ0) is 16.2. The van der Waals surface area contributed by atoms with E-state index in [1.807, 2.05) is 37.3 Å². The Bertz CT molecular complexity index is 812. The van der Waals surface area contributed by atoms with Crippen molar-refractivity contribution in [2.45, 2.75) is 26.7 Å². The number of rotatable bonds is 5. The van der Waals surface area contributed by atoms with E-state index in [1.165, 1.54) is 11.1 Å². The Balaban J connectivity index is 1.90. The number of halogens is 1. The summed E-state index contributed by atoms with van der Waals surface area (Å²) in [4.78, 5) is 4.59. The van der Waals surface area contributed by atoms with E-state index in [9.17, 15) is 0 Å². The minimum Gasteiger partial charge on any atom is -0.494 e. The maximum atomic E-state index is 6.16. The van der Waals surface area contributed by atoms with Gasteiger partial charge in [0.2, 0.25) is 0 Å². The van der Waals surface area contributed by atoms with Gasteiger partial charge in [0.25, 0.3) is 0 Å². The lowest BCUT2D eigenvalue weighted by Crippen LogP contribution is -1.96. The molecular formula is C20H20ClNO. The van der Waals surface area contributed by atoms with Crippen molar-refractivity contribution in [3.8, 4) is 5.75 Å². The lowest BCUT2D eigenvalue weighted by molar-refractivity contribution is 0.317. The number of aryl methyl sites for hydroxylation is 1. The summed E-state index contributed by atoms with van der Waals surface area (Å²) in [7, 11) is 0. The molecule has 0 saturated carbocycles. The fourth-order valence-corrected chi connectivity index (χ4v) is 2.88. The van der Waals surface area contributed by atoms with Crippen molar-refractivity contribution >= 4 is 22.5 Å². The molecule has 0 atom stereocenters. The zero-order valence-corrected chi connectivity index (χ0v) is 14.2. The highest BCUT2D eigenvalue weighted by atomic mass is 35.5.